The third-order valence-electron chi connectivity index (χ3n) is 3.04. The van der Waals surface area contributed by atoms with Gasteiger partial charge in [-0.05, 0) is 18.2 Å². The first kappa shape index (κ1) is 13.2. The lowest BCUT2D eigenvalue weighted by atomic mass is 10.1. The summed E-state index contributed by atoms with van der Waals surface area (Å²) < 4.78 is 12.2. The van der Waals surface area contributed by atoms with Gasteiger partial charge in [0, 0.05) is 30.4 Å². The van der Waals surface area contributed by atoms with E-state index in [1.165, 1.54) is 0 Å². The van der Waals surface area contributed by atoms with Crippen LogP contribution in [-0.4, -0.2) is 37.6 Å². The summed E-state index contributed by atoms with van der Waals surface area (Å²) in [5, 5.41) is 0. The van der Waals surface area contributed by atoms with Crippen molar-refractivity contribution in [3.05, 3.63) is 22.7 Å². The molecule has 0 bridgehead atoms. The Hall–Kier alpha value is -1.23. The van der Waals surface area contributed by atoms with Crippen molar-refractivity contribution in [2.75, 3.05) is 20.2 Å². The first-order valence-corrected chi connectivity index (χ1v) is 6.72. The molecule has 98 valence electrons. The number of nitrogens with zero attached hydrogens (tertiary/aromatic N) is 1. The first-order valence-electron chi connectivity index (χ1n) is 5.92. The molecule has 1 aliphatic rings. The molecular weight excluding hydrogens is 298 g/mol. The average molecular weight is 314 g/mol. The molecule has 0 unspecified atom stereocenters. The molecule has 18 heavy (non-hydrogen) atoms. The summed E-state index contributed by atoms with van der Waals surface area (Å²) in [4.78, 5) is 12.4. The smallest absolute Gasteiger partial charge is 0.209 e. The van der Waals surface area contributed by atoms with Crippen molar-refractivity contribution in [3.8, 4) is 11.5 Å². The van der Waals surface area contributed by atoms with E-state index in [4.69, 9.17) is 9.47 Å². The number of likely N-dealkylation sites (tertiary alicyclic amines) is 1. The number of carbonyl (C=O) groups is 1. The lowest BCUT2D eigenvalue weighted by Crippen LogP contribution is -2.37. The molecule has 0 atom stereocenters. The molecular formula is C13H16BrNO3. The highest BCUT2D eigenvalue weighted by Gasteiger charge is 2.20. The van der Waals surface area contributed by atoms with E-state index in [9.17, 15) is 4.79 Å². The van der Waals surface area contributed by atoms with Crippen LogP contribution in [-0.2, 0) is 4.79 Å². The third-order valence-corrected chi connectivity index (χ3v) is 3.54. The molecule has 1 aliphatic heterocycles. The topological polar surface area (TPSA) is 38.8 Å². The predicted octanol–water partition coefficient (Wildman–Crippen LogP) is 2.46. The Labute approximate surface area is 115 Å². The fourth-order valence-corrected chi connectivity index (χ4v) is 2.36. The zero-order chi connectivity index (χ0) is 13.0. The standard InChI is InChI=1S/C13H16BrNO3/c1-17-13-8-10(14)2-3-12(13)18-11-4-6-15(9-16)7-5-11/h2-3,8-9,11H,4-7H2,1H3. The summed E-state index contributed by atoms with van der Waals surface area (Å²) in [5.41, 5.74) is 0. The van der Waals surface area contributed by atoms with E-state index in [-0.39, 0.29) is 6.10 Å². The molecule has 1 aromatic rings. The molecule has 1 saturated heterocycles. The summed E-state index contributed by atoms with van der Waals surface area (Å²) in [7, 11) is 1.63. The maximum Gasteiger partial charge on any atom is 0.209 e. The number of amides is 1. The molecule has 1 amide bonds. The zero-order valence-corrected chi connectivity index (χ0v) is 11.9. The van der Waals surface area contributed by atoms with Gasteiger partial charge >= 0.3 is 0 Å². The Bertz CT molecular complexity index is 417. The van der Waals surface area contributed by atoms with Crippen LogP contribution in [0.3, 0.4) is 0 Å². The van der Waals surface area contributed by atoms with Crippen LogP contribution < -0.4 is 9.47 Å². The number of carbonyl (C=O) groups excluding carboxylic acids is 1. The molecule has 4 nitrogen and oxygen atoms in total. The predicted molar refractivity (Wildman–Crippen MR) is 72.0 cm³/mol. The van der Waals surface area contributed by atoms with E-state index in [1.807, 2.05) is 18.2 Å². The second-order valence-corrected chi connectivity index (χ2v) is 5.17. The van der Waals surface area contributed by atoms with Gasteiger partial charge in [-0.15, -0.1) is 0 Å². The van der Waals surface area contributed by atoms with E-state index in [2.05, 4.69) is 15.9 Å². The van der Waals surface area contributed by atoms with Crippen molar-refractivity contribution in [1.82, 2.24) is 4.90 Å². The molecule has 0 aliphatic carbocycles. The van der Waals surface area contributed by atoms with E-state index >= 15 is 0 Å². The quantitative estimate of drug-likeness (QED) is 0.802. The molecule has 0 aromatic heterocycles. The number of benzene rings is 1. The zero-order valence-electron chi connectivity index (χ0n) is 10.3. The van der Waals surface area contributed by atoms with Crippen molar-refractivity contribution in [1.29, 1.82) is 0 Å². The van der Waals surface area contributed by atoms with Crippen molar-refractivity contribution in [3.63, 3.8) is 0 Å². The van der Waals surface area contributed by atoms with Crippen LogP contribution in [0, 0.1) is 0 Å². The summed E-state index contributed by atoms with van der Waals surface area (Å²) >= 11 is 3.40. The van der Waals surface area contributed by atoms with Gasteiger partial charge in [0.2, 0.25) is 6.41 Å². The highest BCUT2D eigenvalue weighted by Crippen LogP contribution is 2.32. The van der Waals surface area contributed by atoms with Gasteiger partial charge in [0.15, 0.2) is 11.5 Å². The van der Waals surface area contributed by atoms with Crippen molar-refractivity contribution < 1.29 is 14.3 Å². The van der Waals surface area contributed by atoms with Crippen LogP contribution in [0.4, 0.5) is 0 Å². The van der Waals surface area contributed by atoms with Crippen LogP contribution in [0.15, 0.2) is 22.7 Å². The van der Waals surface area contributed by atoms with E-state index < -0.39 is 0 Å². The molecule has 1 heterocycles. The van der Waals surface area contributed by atoms with Gasteiger partial charge in [-0.2, -0.15) is 0 Å². The monoisotopic (exact) mass is 313 g/mol. The van der Waals surface area contributed by atoms with Gasteiger partial charge < -0.3 is 14.4 Å². The molecule has 0 N–H and O–H groups in total. The van der Waals surface area contributed by atoms with Gasteiger partial charge in [0.05, 0.1) is 7.11 Å². The highest BCUT2D eigenvalue weighted by atomic mass is 79.9. The van der Waals surface area contributed by atoms with E-state index in [1.54, 1.807) is 12.0 Å². The maximum absolute atomic E-state index is 10.6. The van der Waals surface area contributed by atoms with Crippen molar-refractivity contribution >= 4 is 22.3 Å². The molecule has 0 radical (unpaired) electrons. The Morgan fingerprint density at radius 2 is 2.06 bits per heavy atom. The van der Waals surface area contributed by atoms with E-state index in [0.29, 0.717) is 0 Å². The third kappa shape index (κ3) is 3.16. The van der Waals surface area contributed by atoms with Crippen molar-refractivity contribution in [2.45, 2.75) is 18.9 Å². The fourth-order valence-electron chi connectivity index (χ4n) is 2.02. The van der Waals surface area contributed by atoms with E-state index in [0.717, 1.165) is 48.3 Å². The highest BCUT2D eigenvalue weighted by molar-refractivity contribution is 9.10. The van der Waals surface area contributed by atoms with Gasteiger partial charge in [0.1, 0.15) is 6.10 Å². The minimum atomic E-state index is 0.149. The number of ether oxygens (including phenoxy) is 2. The number of hydrogen-bond donors (Lipinski definition) is 0. The Morgan fingerprint density at radius 3 is 2.67 bits per heavy atom. The molecule has 5 heteroatoms. The number of halogens is 1. The Morgan fingerprint density at radius 1 is 1.33 bits per heavy atom. The fraction of sp³-hybridized carbons (Fsp3) is 0.462. The SMILES string of the molecule is COc1cc(Br)ccc1OC1CCN(C=O)CC1. The minimum Gasteiger partial charge on any atom is -0.493 e. The van der Waals surface area contributed by atoms with Crippen LogP contribution in [0.2, 0.25) is 0 Å². The summed E-state index contributed by atoms with van der Waals surface area (Å²) in [5.74, 6) is 1.48. The summed E-state index contributed by atoms with van der Waals surface area (Å²) in [6.45, 7) is 1.51. The second-order valence-electron chi connectivity index (χ2n) is 4.25. The molecule has 1 aromatic carbocycles. The van der Waals surface area contributed by atoms with Gasteiger partial charge in [-0.3, -0.25) is 4.79 Å². The maximum atomic E-state index is 10.6. The normalized spacial score (nSPS) is 16.4. The number of hydrogen-bond acceptors (Lipinski definition) is 3. The molecule has 0 spiro atoms. The second kappa shape index (κ2) is 6.09. The van der Waals surface area contributed by atoms with Gasteiger partial charge in [0.25, 0.3) is 0 Å². The molecule has 0 saturated carbocycles. The summed E-state index contributed by atoms with van der Waals surface area (Å²) in [6, 6.07) is 5.71. The number of rotatable bonds is 4. The average Bonchev–Trinajstić information content (AvgIpc) is 2.41. The van der Waals surface area contributed by atoms with Crippen LogP contribution >= 0.6 is 15.9 Å². The van der Waals surface area contributed by atoms with Crippen LogP contribution in [0.25, 0.3) is 0 Å². The Kier molecular flexibility index (Phi) is 4.47. The van der Waals surface area contributed by atoms with Crippen LogP contribution in [0.5, 0.6) is 11.5 Å². The number of methoxy groups -OCH3 is 1. The molecule has 2 rings (SSSR count). The summed E-state index contributed by atoms with van der Waals surface area (Å²) in [6.07, 6.45) is 2.77. The largest absolute Gasteiger partial charge is 0.493 e. The Balaban J connectivity index is 1.99. The van der Waals surface area contributed by atoms with Gasteiger partial charge in [-0.1, -0.05) is 15.9 Å². The van der Waals surface area contributed by atoms with Crippen LogP contribution in [0.1, 0.15) is 12.8 Å². The lowest BCUT2D eigenvalue weighted by Gasteiger charge is -2.29. The van der Waals surface area contributed by atoms with Gasteiger partial charge in [-0.25, -0.2) is 0 Å². The lowest BCUT2D eigenvalue weighted by molar-refractivity contribution is -0.119. The first-order chi connectivity index (χ1) is 8.72. The minimum absolute atomic E-state index is 0.149. The number of piperidine rings is 1. The molecule has 1 fully saturated rings. The van der Waals surface area contributed by atoms with Crippen molar-refractivity contribution in [2.24, 2.45) is 0 Å².